The second-order valence-corrected chi connectivity index (χ2v) is 5.49. The summed E-state index contributed by atoms with van der Waals surface area (Å²) in [6, 6.07) is 16.3. The molecule has 1 heterocycles. The van der Waals surface area contributed by atoms with E-state index in [-0.39, 0.29) is 5.62 Å². The standard InChI is InChI=1S/C18H18N4/c1-12-4-8-14(9-5-12)16-17(21-22(3)18(19)20-16)15-10-6-13(2)7-11-15/h4-11,19H,1-3H3. The summed E-state index contributed by atoms with van der Waals surface area (Å²) >= 11 is 0. The molecule has 0 spiro atoms. The van der Waals surface area contributed by atoms with Crippen LogP contribution in [0.25, 0.3) is 22.5 Å². The Morgan fingerprint density at radius 1 is 0.773 bits per heavy atom. The molecule has 4 nitrogen and oxygen atoms in total. The average Bonchev–Trinajstić information content (AvgIpc) is 2.51. The largest absolute Gasteiger partial charge is 0.266 e. The van der Waals surface area contributed by atoms with E-state index in [9.17, 15) is 0 Å². The molecule has 3 rings (SSSR count). The number of rotatable bonds is 2. The molecule has 110 valence electrons. The van der Waals surface area contributed by atoms with Crippen molar-refractivity contribution < 1.29 is 0 Å². The van der Waals surface area contributed by atoms with Crippen LogP contribution in [-0.4, -0.2) is 14.8 Å². The number of aryl methyl sites for hydroxylation is 3. The van der Waals surface area contributed by atoms with E-state index in [0.717, 1.165) is 22.5 Å². The molecule has 0 aliphatic carbocycles. The SMILES string of the molecule is Cc1ccc(-c2nc(=N)n(C)nc2-c2ccc(C)cc2)cc1. The van der Waals surface area contributed by atoms with Crippen LogP contribution in [0.5, 0.6) is 0 Å². The van der Waals surface area contributed by atoms with E-state index < -0.39 is 0 Å². The molecule has 4 heteroatoms. The maximum Gasteiger partial charge on any atom is 0.239 e. The molecule has 0 saturated heterocycles. The lowest BCUT2D eigenvalue weighted by atomic mass is 10.0. The highest BCUT2D eigenvalue weighted by Gasteiger charge is 2.12. The van der Waals surface area contributed by atoms with Gasteiger partial charge >= 0.3 is 0 Å². The summed E-state index contributed by atoms with van der Waals surface area (Å²) in [5.41, 5.74) is 6.06. The monoisotopic (exact) mass is 290 g/mol. The lowest BCUT2D eigenvalue weighted by Crippen LogP contribution is -2.24. The van der Waals surface area contributed by atoms with Gasteiger partial charge in [0.05, 0.1) is 0 Å². The highest BCUT2D eigenvalue weighted by atomic mass is 15.3. The van der Waals surface area contributed by atoms with Crippen molar-refractivity contribution in [2.45, 2.75) is 13.8 Å². The first kappa shape index (κ1) is 14.2. The molecule has 0 saturated carbocycles. The molecule has 0 atom stereocenters. The number of nitrogens with one attached hydrogen (secondary N) is 1. The predicted octanol–water partition coefficient (Wildman–Crippen LogP) is 3.25. The second kappa shape index (κ2) is 5.56. The predicted molar refractivity (Wildman–Crippen MR) is 87.2 cm³/mol. The molecule has 0 fully saturated rings. The van der Waals surface area contributed by atoms with Crippen molar-refractivity contribution in [3.8, 4) is 22.5 Å². The Morgan fingerprint density at radius 3 is 1.73 bits per heavy atom. The topological polar surface area (TPSA) is 54.6 Å². The average molecular weight is 290 g/mol. The Labute approximate surface area is 129 Å². The van der Waals surface area contributed by atoms with E-state index in [1.54, 1.807) is 7.05 Å². The van der Waals surface area contributed by atoms with E-state index in [1.165, 1.54) is 15.8 Å². The molecule has 0 bridgehead atoms. The lowest BCUT2D eigenvalue weighted by molar-refractivity contribution is 0.651. The Kier molecular flexibility index (Phi) is 3.59. The van der Waals surface area contributed by atoms with Crippen LogP contribution in [0.3, 0.4) is 0 Å². The number of benzene rings is 2. The van der Waals surface area contributed by atoms with Crippen molar-refractivity contribution >= 4 is 0 Å². The zero-order valence-electron chi connectivity index (χ0n) is 13.0. The molecular formula is C18H18N4. The normalized spacial score (nSPS) is 10.7. The van der Waals surface area contributed by atoms with Crippen molar-refractivity contribution in [1.29, 1.82) is 5.41 Å². The van der Waals surface area contributed by atoms with Gasteiger partial charge in [-0.15, -0.1) is 0 Å². The van der Waals surface area contributed by atoms with Gasteiger partial charge in [0.25, 0.3) is 0 Å². The zero-order chi connectivity index (χ0) is 15.7. The highest BCUT2D eigenvalue weighted by Crippen LogP contribution is 2.27. The quantitative estimate of drug-likeness (QED) is 0.787. The fraction of sp³-hybridized carbons (Fsp3) is 0.167. The van der Waals surface area contributed by atoms with E-state index in [0.29, 0.717) is 0 Å². The highest BCUT2D eigenvalue weighted by molar-refractivity contribution is 5.77. The molecule has 0 amide bonds. The Balaban J connectivity index is 2.24. The van der Waals surface area contributed by atoms with Gasteiger partial charge in [-0.25, -0.2) is 9.67 Å². The zero-order valence-corrected chi connectivity index (χ0v) is 13.0. The van der Waals surface area contributed by atoms with Crippen LogP contribution in [0.15, 0.2) is 48.5 Å². The molecular weight excluding hydrogens is 272 g/mol. The maximum atomic E-state index is 7.93. The van der Waals surface area contributed by atoms with Crippen LogP contribution in [-0.2, 0) is 7.05 Å². The number of hydrogen-bond acceptors (Lipinski definition) is 3. The van der Waals surface area contributed by atoms with Gasteiger partial charge < -0.3 is 0 Å². The van der Waals surface area contributed by atoms with Gasteiger partial charge in [-0.1, -0.05) is 59.7 Å². The van der Waals surface area contributed by atoms with Crippen molar-refractivity contribution in [3.63, 3.8) is 0 Å². The van der Waals surface area contributed by atoms with Gasteiger partial charge in [0.1, 0.15) is 11.4 Å². The smallest absolute Gasteiger partial charge is 0.239 e. The Hall–Kier alpha value is -2.75. The van der Waals surface area contributed by atoms with Gasteiger partial charge in [0.2, 0.25) is 5.62 Å². The van der Waals surface area contributed by atoms with Crippen LogP contribution in [0.1, 0.15) is 11.1 Å². The van der Waals surface area contributed by atoms with Gasteiger partial charge in [0.15, 0.2) is 0 Å². The summed E-state index contributed by atoms with van der Waals surface area (Å²) in [5.74, 6) is 0. The number of nitrogens with zero attached hydrogens (tertiary/aromatic N) is 3. The summed E-state index contributed by atoms with van der Waals surface area (Å²) in [5, 5.41) is 12.5. The molecule has 0 unspecified atom stereocenters. The molecule has 0 aliphatic heterocycles. The van der Waals surface area contributed by atoms with Crippen molar-refractivity contribution in [2.75, 3.05) is 0 Å². The van der Waals surface area contributed by atoms with Gasteiger partial charge in [-0.05, 0) is 13.8 Å². The maximum absolute atomic E-state index is 7.93. The first-order valence-electron chi connectivity index (χ1n) is 7.18. The molecule has 0 aliphatic rings. The molecule has 3 aromatic rings. The van der Waals surface area contributed by atoms with Crippen LogP contribution < -0.4 is 5.62 Å². The number of hydrogen-bond donors (Lipinski definition) is 1. The molecule has 1 aromatic heterocycles. The van der Waals surface area contributed by atoms with Crippen molar-refractivity contribution in [3.05, 3.63) is 65.3 Å². The van der Waals surface area contributed by atoms with E-state index in [1.807, 2.05) is 36.4 Å². The fourth-order valence-corrected chi connectivity index (χ4v) is 2.29. The van der Waals surface area contributed by atoms with Crippen molar-refractivity contribution in [1.82, 2.24) is 14.8 Å². The van der Waals surface area contributed by atoms with Crippen LogP contribution in [0.2, 0.25) is 0 Å². The molecule has 0 radical (unpaired) electrons. The third kappa shape index (κ3) is 2.68. The van der Waals surface area contributed by atoms with Crippen LogP contribution in [0, 0.1) is 19.3 Å². The summed E-state index contributed by atoms with van der Waals surface area (Å²) in [6.45, 7) is 4.11. The Morgan fingerprint density at radius 2 is 1.23 bits per heavy atom. The molecule has 2 aromatic carbocycles. The first-order valence-corrected chi connectivity index (χ1v) is 7.18. The summed E-state index contributed by atoms with van der Waals surface area (Å²) in [6.07, 6.45) is 0. The summed E-state index contributed by atoms with van der Waals surface area (Å²) in [7, 11) is 1.74. The van der Waals surface area contributed by atoms with Crippen LogP contribution in [0.4, 0.5) is 0 Å². The van der Waals surface area contributed by atoms with E-state index in [4.69, 9.17) is 5.41 Å². The van der Waals surface area contributed by atoms with Crippen LogP contribution >= 0.6 is 0 Å². The molecule has 22 heavy (non-hydrogen) atoms. The first-order chi connectivity index (χ1) is 10.5. The lowest BCUT2D eigenvalue weighted by Gasteiger charge is -2.10. The van der Waals surface area contributed by atoms with E-state index >= 15 is 0 Å². The van der Waals surface area contributed by atoms with Gasteiger partial charge in [0, 0.05) is 18.2 Å². The Bertz CT molecular complexity index is 859. The van der Waals surface area contributed by atoms with Crippen molar-refractivity contribution in [2.24, 2.45) is 7.05 Å². The minimum Gasteiger partial charge on any atom is -0.266 e. The second-order valence-electron chi connectivity index (χ2n) is 5.49. The fourth-order valence-electron chi connectivity index (χ4n) is 2.29. The molecule has 1 N–H and O–H groups in total. The van der Waals surface area contributed by atoms with Gasteiger partial charge in [-0.3, -0.25) is 5.41 Å². The summed E-state index contributed by atoms with van der Waals surface area (Å²) < 4.78 is 1.49. The van der Waals surface area contributed by atoms with Gasteiger partial charge in [-0.2, -0.15) is 5.10 Å². The third-order valence-electron chi connectivity index (χ3n) is 3.65. The summed E-state index contributed by atoms with van der Waals surface area (Å²) in [4.78, 5) is 4.44. The third-order valence-corrected chi connectivity index (χ3v) is 3.65. The minimum absolute atomic E-state index is 0.145. The minimum atomic E-state index is 0.145. The van der Waals surface area contributed by atoms with E-state index in [2.05, 4.69) is 36.1 Å². The number of aromatic nitrogens is 3.